The van der Waals surface area contributed by atoms with Gasteiger partial charge in [-0.3, -0.25) is 0 Å². The van der Waals surface area contributed by atoms with E-state index < -0.39 is 34.5 Å². The number of hydrogen-bond donors (Lipinski definition) is 2. The number of benzene rings is 2. The minimum Gasteiger partial charge on any atom is -0.410 e. The predicted octanol–water partition coefficient (Wildman–Crippen LogP) is 3.37. The van der Waals surface area contributed by atoms with Gasteiger partial charge in [0.1, 0.15) is 22.1 Å². The van der Waals surface area contributed by atoms with Crippen LogP contribution in [-0.4, -0.2) is 40.7 Å². The van der Waals surface area contributed by atoms with Crippen molar-refractivity contribution in [3.05, 3.63) is 47.5 Å². The highest BCUT2D eigenvalue weighted by atomic mass is 19.4. The molecule has 2 N–H and O–H groups in total. The number of nitrogens with zero attached hydrogens (tertiary/aromatic N) is 6. The van der Waals surface area contributed by atoms with Crippen molar-refractivity contribution >= 4 is 22.1 Å². The van der Waals surface area contributed by atoms with E-state index in [0.717, 1.165) is 4.85 Å². The summed E-state index contributed by atoms with van der Waals surface area (Å²) in [4.78, 5) is 0.620. The van der Waals surface area contributed by atoms with E-state index in [1.165, 1.54) is 0 Å². The number of para-hydroxylation sites is 1. The van der Waals surface area contributed by atoms with Crippen LogP contribution in [0.5, 0.6) is 0 Å². The molecule has 0 atom stereocenters. The number of halogens is 6. The lowest BCUT2D eigenvalue weighted by Gasteiger charge is -2.11. The van der Waals surface area contributed by atoms with Crippen LogP contribution in [0.3, 0.4) is 0 Å². The van der Waals surface area contributed by atoms with Gasteiger partial charge in [-0.15, -0.1) is 10.2 Å². The molecule has 0 saturated heterocycles. The molecule has 0 radical (unpaired) electrons. The second-order valence-corrected chi connectivity index (χ2v) is 5.33. The Labute approximate surface area is 150 Å². The second kappa shape index (κ2) is 6.54. The minimum atomic E-state index is -5.03. The Morgan fingerprint density at radius 3 is 1.96 bits per heavy atom. The molecule has 0 aliphatic carbocycles. The molecule has 4 rings (SSSR count). The summed E-state index contributed by atoms with van der Waals surface area (Å²) in [5.74, 6) is 0. The van der Waals surface area contributed by atoms with Crippen LogP contribution in [0.25, 0.3) is 22.1 Å². The Morgan fingerprint density at radius 2 is 1.36 bits per heavy atom. The summed E-state index contributed by atoms with van der Waals surface area (Å²) in [7, 11) is 0. The molecule has 2 aromatic heterocycles. The van der Waals surface area contributed by atoms with Crippen molar-refractivity contribution in [3.63, 3.8) is 0 Å². The monoisotopic (exact) mass is 406 g/mol. The van der Waals surface area contributed by atoms with E-state index in [1.54, 1.807) is 12.1 Å². The number of rotatable bonds is 0. The van der Waals surface area contributed by atoms with Crippen molar-refractivity contribution < 1.29 is 36.8 Å². The molecule has 0 bridgehead atoms. The first-order valence-corrected chi connectivity index (χ1v) is 7.21. The zero-order valence-corrected chi connectivity index (χ0v) is 13.3. The topological polar surface area (TPSA) is 102 Å². The van der Waals surface area contributed by atoms with Gasteiger partial charge < -0.3 is 10.4 Å². The Kier molecular flexibility index (Phi) is 4.48. The van der Waals surface area contributed by atoms with Crippen LogP contribution in [0.2, 0.25) is 0 Å². The zero-order valence-electron chi connectivity index (χ0n) is 13.3. The second-order valence-electron chi connectivity index (χ2n) is 5.33. The third kappa shape index (κ3) is 3.60. The van der Waals surface area contributed by atoms with Gasteiger partial charge in [0.25, 0.3) is 0 Å². The fraction of sp³-hybridized carbons (Fsp3) is 0.143. The Hall–Kier alpha value is -3.58. The molecule has 28 heavy (non-hydrogen) atoms. The molecule has 0 fully saturated rings. The Balaban J connectivity index is 0.000000188. The standard InChI is InChI=1S/C8H3F6N3O.C6H5N3O/c9-7(10,11)3-1-4(8(12,13)14)6-5(2-3)17(18)16-15-6;10-9-6-4-2-1-3-5(6)7-8-9/h1-2,18H;1-4,10H. The molecular formula is C14H8F6N6O2. The van der Waals surface area contributed by atoms with Gasteiger partial charge >= 0.3 is 12.4 Å². The van der Waals surface area contributed by atoms with Gasteiger partial charge in [0.05, 0.1) is 11.1 Å². The van der Waals surface area contributed by atoms with Crippen molar-refractivity contribution in [2.24, 2.45) is 0 Å². The number of alkyl halides is 6. The highest BCUT2D eigenvalue weighted by molar-refractivity contribution is 5.79. The molecule has 0 aliphatic heterocycles. The summed E-state index contributed by atoms with van der Waals surface area (Å²) in [5.41, 5.74) is -3.44. The van der Waals surface area contributed by atoms with E-state index in [1.807, 2.05) is 12.1 Å². The summed E-state index contributed by atoms with van der Waals surface area (Å²) < 4.78 is 75.0. The maximum Gasteiger partial charge on any atom is 0.418 e. The molecule has 148 valence electrons. The summed E-state index contributed by atoms with van der Waals surface area (Å²) in [6.45, 7) is 0. The number of fused-ring (bicyclic) bond motifs is 2. The first-order chi connectivity index (χ1) is 13.0. The fourth-order valence-corrected chi connectivity index (χ4v) is 2.25. The lowest BCUT2D eigenvalue weighted by Crippen LogP contribution is -2.11. The third-order valence-electron chi connectivity index (χ3n) is 3.50. The average Bonchev–Trinajstić information content (AvgIpc) is 3.17. The largest absolute Gasteiger partial charge is 0.418 e. The fourth-order valence-electron chi connectivity index (χ4n) is 2.25. The van der Waals surface area contributed by atoms with Gasteiger partial charge in [0, 0.05) is 0 Å². The number of hydrogen-bond acceptors (Lipinski definition) is 6. The quantitative estimate of drug-likeness (QED) is 0.343. The van der Waals surface area contributed by atoms with Gasteiger partial charge in [0.2, 0.25) is 0 Å². The molecule has 0 aliphatic rings. The van der Waals surface area contributed by atoms with Crippen LogP contribution in [0, 0.1) is 0 Å². The van der Waals surface area contributed by atoms with Gasteiger partial charge in [-0.05, 0) is 34.7 Å². The van der Waals surface area contributed by atoms with E-state index in [0.29, 0.717) is 17.1 Å². The van der Waals surface area contributed by atoms with Crippen molar-refractivity contribution in [3.8, 4) is 0 Å². The molecule has 0 saturated carbocycles. The summed E-state index contributed by atoms with van der Waals surface area (Å²) in [6, 6.07) is 7.46. The molecular weight excluding hydrogens is 398 g/mol. The molecule has 2 heterocycles. The van der Waals surface area contributed by atoms with Crippen LogP contribution in [-0.2, 0) is 12.4 Å². The highest BCUT2D eigenvalue weighted by Gasteiger charge is 2.39. The molecule has 0 amide bonds. The van der Waals surface area contributed by atoms with E-state index in [4.69, 9.17) is 10.4 Å². The highest BCUT2D eigenvalue weighted by Crippen LogP contribution is 2.38. The maximum atomic E-state index is 12.6. The van der Waals surface area contributed by atoms with Crippen LogP contribution in [0.15, 0.2) is 36.4 Å². The summed E-state index contributed by atoms with van der Waals surface area (Å²) in [5, 5.41) is 30.9. The van der Waals surface area contributed by atoms with Crippen molar-refractivity contribution in [1.29, 1.82) is 0 Å². The Bertz CT molecular complexity index is 1130. The Morgan fingerprint density at radius 1 is 0.750 bits per heavy atom. The van der Waals surface area contributed by atoms with Crippen LogP contribution < -0.4 is 0 Å². The first kappa shape index (κ1) is 19.2. The number of aromatic nitrogens is 6. The zero-order chi connectivity index (χ0) is 20.7. The van der Waals surface area contributed by atoms with Crippen LogP contribution >= 0.6 is 0 Å². The molecule has 0 spiro atoms. The average molecular weight is 406 g/mol. The van der Waals surface area contributed by atoms with Gasteiger partial charge in [-0.1, -0.05) is 21.8 Å². The van der Waals surface area contributed by atoms with E-state index in [-0.39, 0.29) is 10.9 Å². The smallest absolute Gasteiger partial charge is 0.410 e. The van der Waals surface area contributed by atoms with Crippen molar-refractivity contribution in [2.75, 3.05) is 0 Å². The molecule has 0 unspecified atom stereocenters. The SMILES string of the molecule is On1nnc2c(C(F)(F)F)cc(C(F)(F)F)cc21.On1nnc2ccccc21. The molecule has 8 nitrogen and oxygen atoms in total. The van der Waals surface area contributed by atoms with Crippen LogP contribution in [0.4, 0.5) is 26.3 Å². The molecule has 4 aromatic rings. The normalized spacial score (nSPS) is 12.2. The minimum absolute atomic E-state index is 0.0724. The van der Waals surface area contributed by atoms with Gasteiger partial charge in [-0.25, -0.2) is 0 Å². The summed E-state index contributed by atoms with van der Waals surface area (Å²) >= 11 is 0. The molecule has 14 heteroatoms. The van der Waals surface area contributed by atoms with E-state index in [2.05, 4.69) is 20.6 Å². The predicted molar refractivity (Wildman–Crippen MR) is 79.4 cm³/mol. The lowest BCUT2D eigenvalue weighted by molar-refractivity contribution is -0.142. The molecule has 2 aromatic carbocycles. The van der Waals surface area contributed by atoms with Gasteiger partial charge in [-0.2, -0.15) is 26.3 Å². The van der Waals surface area contributed by atoms with Crippen LogP contribution in [0.1, 0.15) is 11.1 Å². The van der Waals surface area contributed by atoms with Crippen molar-refractivity contribution in [1.82, 2.24) is 30.3 Å². The van der Waals surface area contributed by atoms with E-state index in [9.17, 15) is 26.3 Å². The maximum absolute atomic E-state index is 12.6. The van der Waals surface area contributed by atoms with Gasteiger partial charge in [0.15, 0.2) is 0 Å². The lowest BCUT2D eigenvalue weighted by atomic mass is 10.1. The van der Waals surface area contributed by atoms with Crippen molar-refractivity contribution in [2.45, 2.75) is 12.4 Å². The van der Waals surface area contributed by atoms with E-state index >= 15 is 0 Å². The third-order valence-corrected chi connectivity index (χ3v) is 3.50. The first-order valence-electron chi connectivity index (χ1n) is 7.21. The summed E-state index contributed by atoms with van der Waals surface area (Å²) in [6.07, 6.45) is -10.0.